The molecule has 0 radical (unpaired) electrons. The molecule has 1 aliphatic rings. The molecule has 1 amide bonds. The van der Waals surface area contributed by atoms with Gasteiger partial charge in [0.25, 0.3) is 0 Å². The Morgan fingerprint density at radius 1 is 1.35 bits per heavy atom. The second-order valence-electron chi connectivity index (χ2n) is 6.23. The highest BCUT2D eigenvalue weighted by molar-refractivity contribution is 5.80. The Hall–Kier alpha value is -2.30. The van der Waals surface area contributed by atoms with E-state index in [0.717, 1.165) is 25.0 Å². The fraction of sp³-hybridized carbons (Fsp3) is 0.444. The van der Waals surface area contributed by atoms with Crippen LogP contribution >= 0.6 is 0 Å². The van der Waals surface area contributed by atoms with Crippen molar-refractivity contribution in [1.82, 2.24) is 15.1 Å². The Labute approximate surface area is 136 Å². The molecule has 0 unspecified atom stereocenters. The second-order valence-corrected chi connectivity index (χ2v) is 6.23. The number of hydrogen-bond donors (Lipinski definition) is 1. The third-order valence-electron chi connectivity index (χ3n) is 4.42. The Morgan fingerprint density at radius 3 is 2.74 bits per heavy atom. The zero-order valence-corrected chi connectivity index (χ0v) is 13.4. The van der Waals surface area contributed by atoms with Crippen LogP contribution in [0.25, 0.3) is 0 Å². The molecule has 1 heterocycles. The Bertz CT molecular complexity index is 621. The number of para-hydroxylation sites is 1. The first-order valence-corrected chi connectivity index (χ1v) is 8.17. The van der Waals surface area contributed by atoms with Crippen LogP contribution in [0, 0.1) is 5.41 Å². The molecule has 1 aromatic carbocycles. The van der Waals surface area contributed by atoms with E-state index in [4.69, 9.17) is 4.74 Å². The number of rotatable bonds is 8. The lowest BCUT2D eigenvalue weighted by molar-refractivity contribution is -0.125. The van der Waals surface area contributed by atoms with Gasteiger partial charge >= 0.3 is 0 Å². The van der Waals surface area contributed by atoms with Gasteiger partial charge in [0.05, 0.1) is 6.61 Å². The molecule has 1 saturated carbocycles. The lowest BCUT2D eigenvalue weighted by Gasteiger charge is -2.20. The molecule has 23 heavy (non-hydrogen) atoms. The number of ether oxygens (including phenoxy) is 1. The number of nitrogens with one attached hydrogen (secondary N) is 1. The average molecular weight is 313 g/mol. The van der Waals surface area contributed by atoms with Gasteiger partial charge in [-0.05, 0) is 37.5 Å². The van der Waals surface area contributed by atoms with Crippen LogP contribution in [0.1, 0.15) is 32.2 Å². The van der Waals surface area contributed by atoms with E-state index in [1.54, 1.807) is 10.9 Å². The number of hydrogen-bond acceptors (Lipinski definition) is 3. The van der Waals surface area contributed by atoms with Crippen LogP contribution < -0.4 is 10.1 Å². The van der Waals surface area contributed by atoms with Gasteiger partial charge in [0.2, 0.25) is 5.91 Å². The van der Waals surface area contributed by atoms with Gasteiger partial charge in [0, 0.05) is 24.4 Å². The molecule has 3 rings (SSSR count). The number of aromatic nitrogens is 2. The van der Waals surface area contributed by atoms with Gasteiger partial charge in [-0.1, -0.05) is 25.1 Å². The molecule has 1 aliphatic carbocycles. The predicted octanol–water partition coefficient (Wildman–Crippen LogP) is 2.81. The fourth-order valence-electron chi connectivity index (χ4n) is 2.65. The zero-order valence-electron chi connectivity index (χ0n) is 13.4. The van der Waals surface area contributed by atoms with Crippen molar-refractivity contribution in [3.05, 3.63) is 48.8 Å². The van der Waals surface area contributed by atoms with Crippen molar-refractivity contribution in [2.75, 3.05) is 13.2 Å². The van der Waals surface area contributed by atoms with Crippen molar-refractivity contribution in [2.24, 2.45) is 5.41 Å². The third kappa shape index (κ3) is 3.92. The molecule has 1 N–H and O–H groups in total. The van der Waals surface area contributed by atoms with Gasteiger partial charge in [-0.3, -0.25) is 9.48 Å². The molecule has 2 aromatic rings. The second kappa shape index (κ2) is 6.86. The van der Waals surface area contributed by atoms with Crippen LogP contribution in [-0.4, -0.2) is 28.8 Å². The maximum absolute atomic E-state index is 12.4. The largest absolute Gasteiger partial charge is 0.493 e. The average Bonchev–Trinajstić information content (AvgIpc) is 3.16. The molecular formula is C18H23N3O2. The number of amides is 1. The highest BCUT2D eigenvalue weighted by atomic mass is 16.5. The molecule has 1 fully saturated rings. The van der Waals surface area contributed by atoms with Crippen molar-refractivity contribution in [3.63, 3.8) is 0 Å². The lowest BCUT2D eigenvalue weighted by atomic mass is 10.1. The summed E-state index contributed by atoms with van der Waals surface area (Å²) in [5.41, 5.74) is 0.0912. The van der Waals surface area contributed by atoms with Crippen LogP contribution in [-0.2, 0) is 4.79 Å². The normalized spacial score (nSPS) is 16.6. The third-order valence-corrected chi connectivity index (χ3v) is 4.42. The Morgan fingerprint density at radius 2 is 2.13 bits per heavy atom. The van der Waals surface area contributed by atoms with Gasteiger partial charge in [-0.2, -0.15) is 5.10 Å². The molecule has 0 aliphatic heterocycles. The van der Waals surface area contributed by atoms with Crippen molar-refractivity contribution < 1.29 is 9.53 Å². The smallest absolute Gasteiger partial charge is 0.244 e. The lowest BCUT2D eigenvalue weighted by Crippen LogP contribution is -2.38. The van der Waals surface area contributed by atoms with Gasteiger partial charge in [0.1, 0.15) is 11.8 Å². The fourth-order valence-corrected chi connectivity index (χ4v) is 2.65. The molecule has 5 nitrogen and oxygen atoms in total. The number of carbonyl (C=O) groups excluding carboxylic acids is 1. The minimum absolute atomic E-state index is 0.0298. The molecule has 5 heteroatoms. The van der Waals surface area contributed by atoms with Gasteiger partial charge < -0.3 is 10.1 Å². The first kappa shape index (κ1) is 15.6. The van der Waals surface area contributed by atoms with E-state index in [0.29, 0.717) is 13.2 Å². The predicted molar refractivity (Wildman–Crippen MR) is 88.2 cm³/mol. The van der Waals surface area contributed by atoms with E-state index < -0.39 is 0 Å². The number of benzene rings is 1. The van der Waals surface area contributed by atoms with E-state index in [1.807, 2.05) is 49.5 Å². The van der Waals surface area contributed by atoms with E-state index in [-0.39, 0.29) is 17.4 Å². The molecule has 0 spiro atoms. The minimum Gasteiger partial charge on any atom is -0.493 e. The highest BCUT2D eigenvalue weighted by Crippen LogP contribution is 2.45. The summed E-state index contributed by atoms with van der Waals surface area (Å²) < 4.78 is 7.57. The standard InChI is InChI=1S/C18H23N3O2/c1-2-16(21-12-6-11-20-21)17(22)19-13-18(9-10-18)14-23-15-7-4-3-5-8-15/h3-8,11-12,16H,2,9-10,13-14H2,1H3,(H,19,22)/t16-/m0/s1. The Balaban J connectivity index is 1.50. The maximum atomic E-state index is 12.4. The highest BCUT2D eigenvalue weighted by Gasteiger charge is 2.44. The molecule has 0 bridgehead atoms. The van der Waals surface area contributed by atoms with E-state index in [9.17, 15) is 4.79 Å². The summed E-state index contributed by atoms with van der Waals surface area (Å²) in [5.74, 6) is 0.912. The monoisotopic (exact) mass is 313 g/mol. The summed E-state index contributed by atoms with van der Waals surface area (Å²) in [6.45, 7) is 3.31. The maximum Gasteiger partial charge on any atom is 0.244 e. The molecule has 1 aromatic heterocycles. The van der Waals surface area contributed by atoms with Crippen LogP contribution in [0.3, 0.4) is 0 Å². The van der Waals surface area contributed by atoms with Crippen LogP contribution in [0.15, 0.2) is 48.8 Å². The summed E-state index contributed by atoms with van der Waals surface area (Å²) in [5, 5.41) is 7.26. The van der Waals surface area contributed by atoms with Crippen molar-refractivity contribution in [3.8, 4) is 5.75 Å². The van der Waals surface area contributed by atoms with Crippen molar-refractivity contribution in [1.29, 1.82) is 0 Å². The van der Waals surface area contributed by atoms with Gasteiger partial charge in [-0.15, -0.1) is 0 Å². The summed E-state index contributed by atoms with van der Waals surface area (Å²) in [4.78, 5) is 12.4. The SMILES string of the molecule is CC[C@@H](C(=O)NCC1(COc2ccccc2)CC1)n1cccn1. The molecule has 0 saturated heterocycles. The Kier molecular flexibility index (Phi) is 4.65. The quantitative estimate of drug-likeness (QED) is 0.815. The topological polar surface area (TPSA) is 56.1 Å². The minimum atomic E-state index is -0.240. The van der Waals surface area contributed by atoms with Crippen molar-refractivity contribution in [2.45, 2.75) is 32.2 Å². The van der Waals surface area contributed by atoms with Crippen molar-refractivity contribution >= 4 is 5.91 Å². The first-order valence-electron chi connectivity index (χ1n) is 8.17. The van der Waals surface area contributed by atoms with E-state index >= 15 is 0 Å². The van der Waals surface area contributed by atoms with Gasteiger partial charge in [0.15, 0.2) is 0 Å². The van der Waals surface area contributed by atoms with Crippen LogP contribution in [0.4, 0.5) is 0 Å². The molecule has 122 valence electrons. The van der Waals surface area contributed by atoms with E-state index in [1.165, 1.54) is 0 Å². The van der Waals surface area contributed by atoms with E-state index in [2.05, 4.69) is 10.4 Å². The summed E-state index contributed by atoms with van der Waals surface area (Å²) in [7, 11) is 0. The number of carbonyl (C=O) groups is 1. The summed E-state index contributed by atoms with van der Waals surface area (Å²) >= 11 is 0. The summed E-state index contributed by atoms with van der Waals surface area (Å²) in [6, 6.07) is 11.4. The molecular weight excluding hydrogens is 290 g/mol. The van der Waals surface area contributed by atoms with Gasteiger partial charge in [-0.25, -0.2) is 0 Å². The molecule has 1 atom stereocenters. The van der Waals surface area contributed by atoms with Crippen LogP contribution in [0.2, 0.25) is 0 Å². The summed E-state index contributed by atoms with van der Waals surface area (Å²) in [6.07, 6.45) is 6.45. The first-order chi connectivity index (χ1) is 11.2. The van der Waals surface area contributed by atoms with Crippen LogP contribution in [0.5, 0.6) is 5.75 Å². The number of nitrogens with zero attached hydrogens (tertiary/aromatic N) is 2. The zero-order chi connectivity index (χ0) is 16.1.